The first-order valence-electron chi connectivity index (χ1n) is 8.01. The topological polar surface area (TPSA) is 26.3 Å². The molecule has 3 aromatic rings. The van der Waals surface area contributed by atoms with Crippen LogP contribution in [0.5, 0.6) is 5.75 Å². The zero-order valence-corrected chi connectivity index (χ0v) is 13.9. The summed E-state index contributed by atoms with van der Waals surface area (Å²) in [6.07, 6.45) is 0. The quantitative estimate of drug-likeness (QED) is 0.386. The lowest BCUT2D eigenvalue weighted by molar-refractivity contribution is -0.131. The number of esters is 1. The van der Waals surface area contributed by atoms with Crippen LogP contribution in [0.1, 0.15) is 30.5 Å². The molecule has 0 aromatic heterocycles. The van der Waals surface area contributed by atoms with Crippen molar-refractivity contribution < 1.29 is 9.53 Å². The van der Waals surface area contributed by atoms with E-state index in [9.17, 15) is 4.79 Å². The minimum Gasteiger partial charge on any atom is -0.426 e. The number of rotatable bonds is 4. The monoisotopic (exact) mass is 316 g/mol. The zero-order chi connectivity index (χ0) is 17.0. The first-order chi connectivity index (χ1) is 11.6. The van der Waals surface area contributed by atoms with Crippen molar-refractivity contribution in [2.45, 2.75) is 19.3 Å². The van der Waals surface area contributed by atoms with Gasteiger partial charge in [-0.25, -0.2) is 0 Å². The van der Waals surface area contributed by atoms with E-state index in [-0.39, 0.29) is 5.97 Å². The van der Waals surface area contributed by atoms with Crippen LogP contribution >= 0.6 is 0 Å². The molecular formula is C22H20O2. The van der Waals surface area contributed by atoms with Gasteiger partial charge in [0.2, 0.25) is 0 Å². The lowest BCUT2D eigenvalue weighted by atomic mass is 9.71. The molecule has 0 saturated heterocycles. The van der Waals surface area contributed by atoms with Gasteiger partial charge in [-0.3, -0.25) is 4.79 Å². The third-order valence-electron chi connectivity index (χ3n) is 4.38. The van der Waals surface area contributed by atoms with Crippen LogP contribution in [0.4, 0.5) is 0 Å². The normalized spacial score (nSPS) is 11.1. The second kappa shape index (κ2) is 6.71. The molecule has 24 heavy (non-hydrogen) atoms. The van der Waals surface area contributed by atoms with E-state index in [1.165, 1.54) is 6.92 Å². The predicted molar refractivity (Wildman–Crippen MR) is 96.2 cm³/mol. The summed E-state index contributed by atoms with van der Waals surface area (Å²) in [5.41, 5.74) is 2.85. The second-order valence-corrected chi connectivity index (χ2v) is 5.95. The Morgan fingerprint density at radius 1 is 0.750 bits per heavy atom. The molecule has 0 aliphatic carbocycles. The minimum atomic E-state index is -0.422. The maximum atomic E-state index is 11.5. The molecule has 0 spiro atoms. The number of para-hydroxylation sites is 1. The molecule has 0 N–H and O–H groups in total. The molecule has 0 aliphatic rings. The third-order valence-corrected chi connectivity index (χ3v) is 4.38. The third kappa shape index (κ3) is 2.95. The van der Waals surface area contributed by atoms with Gasteiger partial charge in [0.05, 0.1) is 0 Å². The molecule has 0 atom stereocenters. The molecule has 0 fully saturated rings. The van der Waals surface area contributed by atoms with Crippen molar-refractivity contribution in [1.82, 2.24) is 0 Å². The Hall–Kier alpha value is -2.87. The molecule has 2 heteroatoms. The number of hydrogen-bond donors (Lipinski definition) is 0. The average Bonchev–Trinajstić information content (AvgIpc) is 2.62. The summed E-state index contributed by atoms with van der Waals surface area (Å²) in [6, 6.07) is 28.3. The predicted octanol–water partition coefficient (Wildman–Crippen LogP) is 4.97. The molecule has 3 aromatic carbocycles. The van der Waals surface area contributed by atoms with Crippen LogP contribution in [0.25, 0.3) is 0 Å². The van der Waals surface area contributed by atoms with Crippen LogP contribution < -0.4 is 4.74 Å². The molecule has 3 rings (SSSR count). The summed E-state index contributed by atoms with van der Waals surface area (Å²) in [4.78, 5) is 11.5. The highest BCUT2D eigenvalue weighted by atomic mass is 16.5. The van der Waals surface area contributed by atoms with Gasteiger partial charge in [-0.15, -0.1) is 0 Å². The zero-order valence-electron chi connectivity index (χ0n) is 13.9. The molecule has 0 unspecified atom stereocenters. The summed E-state index contributed by atoms with van der Waals surface area (Å²) >= 11 is 0. The fourth-order valence-electron chi connectivity index (χ4n) is 3.14. The molecular weight excluding hydrogens is 296 g/mol. The van der Waals surface area contributed by atoms with Crippen LogP contribution in [0.15, 0.2) is 84.9 Å². The number of hydrogen-bond acceptors (Lipinski definition) is 2. The molecule has 0 aliphatic heterocycles. The van der Waals surface area contributed by atoms with Crippen molar-refractivity contribution in [3.8, 4) is 5.75 Å². The standard InChI is InChI=1S/C22H20O2/c1-17(23)24-21-16-10-9-15-20(21)22(2,18-11-5-3-6-12-18)19-13-7-4-8-14-19/h3-16H,1-2H3. The Morgan fingerprint density at radius 2 is 1.21 bits per heavy atom. The number of ether oxygens (including phenoxy) is 1. The van der Waals surface area contributed by atoms with E-state index in [0.29, 0.717) is 5.75 Å². The fraction of sp³-hybridized carbons (Fsp3) is 0.136. The molecule has 0 bridgehead atoms. The van der Waals surface area contributed by atoms with Gasteiger partial charge in [0, 0.05) is 17.9 Å². The maximum absolute atomic E-state index is 11.5. The largest absolute Gasteiger partial charge is 0.426 e. The van der Waals surface area contributed by atoms with E-state index in [1.807, 2.05) is 60.7 Å². The first-order valence-corrected chi connectivity index (χ1v) is 8.01. The van der Waals surface area contributed by atoms with E-state index >= 15 is 0 Å². The summed E-state index contributed by atoms with van der Waals surface area (Å²) in [5, 5.41) is 0. The Kier molecular flexibility index (Phi) is 4.48. The first kappa shape index (κ1) is 16.0. The van der Waals surface area contributed by atoms with Gasteiger partial charge < -0.3 is 4.74 Å². The van der Waals surface area contributed by atoms with Gasteiger partial charge in [0.1, 0.15) is 5.75 Å². The van der Waals surface area contributed by atoms with Crippen molar-refractivity contribution in [3.63, 3.8) is 0 Å². The fourth-order valence-corrected chi connectivity index (χ4v) is 3.14. The smallest absolute Gasteiger partial charge is 0.308 e. The van der Waals surface area contributed by atoms with Crippen molar-refractivity contribution in [2.75, 3.05) is 0 Å². The Balaban J connectivity index is 2.26. The molecule has 0 radical (unpaired) electrons. The summed E-state index contributed by atoms with van der Waals surface area (Å²) in [6.45, 7) is 3.60. The van der Waals surface area contributed by atoms with Crippen LogP contribution in [0.2, 0.25) is 0 Å². The summed E-state index contributed by atoms with van der Waals surface area (Å²) in [5.74, 6) is 0.283. The summed E-state index contributed by atoms with van der Waals surface area (Å²) < 4.78 is 5.50. The highest BCUT2D eigenvalue weighted by Gasteiger charge is 2.33. The van der Waals surface area contributed by atoms with Gasteiger partial charge in [0.15, 0.2) is 0 Å². The van der Waals surface area contributed by atoms with E-state index in [4.69, 9.17) is 4.74 Å². The Morgan fingerprint density at radius 3 is 1.71 bits per heavy atom. The van der Waals surface area contributed by atoms with E-state index in [2.05, 4.69) is 31.2 Å². The van der Waals surface area contributed by atoms with Gasteiger partial charge in [-0.1, -0.05) is 78.9 Å². The Labute approximate surface area is 142 Å². The molecule has 0 heterocycles. The summed E-state index contributed by atoms with van der Waals surface area (Å²) in [7, 11) is 0. The molecule has 0 amide bonds. The van der Waals surface area contributed by atoms with Gasteiger partial charge in [-0.2, -0.15) is 0 Å². The molecule has 120 valence electrons. The molecule has 0 saturated carbocycles. The van der Waals surface area contributed by atoms with Gasteiger partial charge >= 0.3 is 5.97 Å². The lowest BCUT2D eigenvalue weighted by Crippen LogP contribution is -2.26. The average molecular weight is 316 g/mol. The molecule has 2 nitrogen and oxygen atoms in total. The van der Waals surface area contributed by atoms with E-state index in [1.54, 1.807) is 0 Å². The van der Waals surface area contributed by atoms with Gasteiger partial charge in [-0.05, 0) is 24.1 Å². The van der Waals surface area contributed by atoms with Crippen LogP contribution in [0, 0.1) is 0 Å². The lowest BCUT2D eigenvalue weighted by Gasteiger charge is -2.33. The van der Waals surface area contributed by atoms with Crippen LogP contribution in [0.3, 0.4) is 0 Å². The van der Waals surface area contributed by atoms with Crippen LogP contribution in [-0.2, 0) is 10.2 Å². The van der Waals surface area contributed by atoms with E-state index < -0.39 is 5.41 Å². The maximum Gasteiger partial charge on any atom is 0.308 e. The second-order valence-electron chi connectivity index (χ2n) is 5.95. The number of carbonyl (C=O) groups excluding carboxylic acids is 1. The van der Waals surface area contributed by atoms with E-state index in [0.717, 1.165) is 16.7 Å². The van der Waals surface area contributed by atoms with Crippen molar-refractivity contribution >= 4 is 5.97 Å². The SMILES string of the molecule is CC(=O)Oc1ccccc1C(C)(c1ccccc1)c1ccccc1. The van der Waals surface area contributed by atoms with Crippen molar-refractivity contribution in [1.29, 1.82) is 0 Å². The van der Waals surface area contributed by atoms with Crippen LogP contribution in [-0.4, -0.2) is 5.97 Å². The highest BCUT2D eigenvalue weighted by Crippen LogP contribution is 2.42. The van der Waals surface area contributed by atoms with Crippen molar-refractivity contribution in [3.05, 3.63) is 102 Å². The Bertz CT molecular complexity index is 783. The number of carbonyl (C=O) groups is 1. The van der Waals surface area contributed by atoms with Crippen molar-refractivity contribution in [2.24, 2.45) is 0 Å². The van der Waals surface area contributed by atoms with Gasteiger partial charge in [0.25, 0.3) is 0 Å². The number of benzene rings is 3. The minimum absolute atomic E-state index is 0.314. The highest BCUT2D eigenvalue weighted by molar-refractivity contribution is 5.70.